The number of hydrogen-bond acceptors (Lipinski definition) is 5. The molecule has 2 amide bonds. The molecule has 1 aromatic heterocycles. The summed E-state index contributed by atoms with van der Waals surface area (Å²) in [5.74, 6) is -1.70. The smallest absolute Gasteiger partial charge is 0.414 e. The van der Waals surface area contributed by atoms with Crippen molar-refractivity contribution < 1.29 is 19.4 Å². The van der Waals surface area contributed by atoms with Gasteiger partial charge in [-0.2, -0.15) is 0 Å². The van der Waals surface area contributed by atoms with Gasteiger partial charge in [0.05, 0.1) is 0 Å². The number of imide groups is 1. The molecule has 0 aliphatic carbocycles. The number of H-pyrrole nitrogens is 1. The van der Waals surface area contributed by atoms with Gasteiger partial charge in [0.25, 0.3) is 5.91 Å². The summed E-state index contributed by atoms with van der Waals surface area (Å²) in [6.07, 6.45) is 0.225. The topological polar surface area (TPSA) is 108 Å². The van der Waals surface area contributed by atoms with Crippen LogP contribution in [-0.4, -0.2) is 27.7 Å². The number of nitrogens with one attached hydrogen (secondary N) is 2. The zero-order valence-corrected chi connectivity index (χ0v) is 10.2. The number of ether oxygens (including phenoxy) is 1. The van der Waals surface area contributed by atoms with E-state index in [1.807, 2.05) is 5.32 Å². The molecule has 7 nitrogen and oxygen atoms in total. The van der Waals surface area contributed by atoms with E-state index in [-0.39, 0.29) is 0 Å². The molecular formula is C11H14N2O5. The van der Waals surface area contributed by atoms with Crippen molar-refractivity contribution in [2.45, 2.75) is 26.4 Å². The molecule has 0 aliphatic heterocycles. The molecular weight excluding hydrogens is 240 g/mol. The maximum Gasteiger partial charge on any atom is 0.414 e. The van der Waals surface area contributed by atoms with Crippen LogP contribution in [0.15, 0.2) is 17.1 Å². The average Bonchev–Trinajstić information content (AvgIpc) is 2.18. The van der Waals surface area contributed by atoms with Crippen molar-refractivity contribution in [2.75, 3.05) is 0 Å². The van der Waals surface area contributed by atoms with E-state index in [1.165, 1.54) is 6.20 Å². The van der Waals surface area contributed by atoms with Crippen LogP contribution in [0.3, 0.4) is 0 Å². The highest BCUT2D eigenvalue weighted by Gasteiger charge is 2.21. The number of hydrogen-bond donors (Lipinski definition) is 3. The third-order valence-electron chi connectivity index (χ3n) is 1.77. The normalized spacial score (nSPS) is 10.8. The number of alkyl carbamates (subject to hydrolysis) is 1. The highest BCUT2D eigenvalue weighted by molar-refractivity contribution is 6.03. The molecule has 0 aliphatic rings. The Bertz CT molecular complexity index is 527. The molecule has 0 atom stereocenters. The highest BCUT2D eigenvalue weighted by atomic mass is 16.6. The molecule has 0 bridgehead atoms. The summed E-state index contributed by atoms with van der Waals surface area (Å²) < 4.78 is 4.86. The Morgan fingerprint density at radius 2 is 2.00 bits per heavy atom. The second-order valence-corrected chi connectivity index (χ2v) is 4.52. The second kappa shape index (κ2) is 4.91. The SMILES string of the molecule is CC(C)(C)OC(=O)NC(=O)c1[nH]ccc(=O)c1O. The molecule has 0 aromatic carbocycles. The zero-order valence-electron chi connectivity index (χ0n) is 10.2. The largest absolute Gasteiger partial charge is 0.503 e. The summed E-state index contributed by atoms with van der Waals surface area (Å²) in [6, 6.07) is 1.06. The Morgan fingerprint density at radius 1 is 1.39 bits per heavy atom. The first-order valence-electron chi connectivity index (χ1n) is 5.15. The highest BCUT2D eigenvalue weighted by Crippen LogP contribution is 2.09. The molecule has 18 heavy (non-hydrogen) atoms. The van der Waals surface area contributed by atoms with Crippen molar-refractivity contribution in [3.8, 4) is 5.75 Å². The number of carbonyl (C=O) groups is 2. The molecule has 1 aromatic rings. The van der Waals surface area contributed by atoms with Gasteiger partial charge in [0.1, 0.15) is 5.60 Å². The third-order valence-corrected chi connectivity index (χ3v) is 1.77. The van der Waals surface area contributed by atoms with Crippen LogP contribution in [0.2, 0.25) is 0 Å². The number of aromatic nitrogens is 1. The van der Waals surface area contributed by atoms with Crippen LogP contribution in [0.1, 0.15) is 31.3 Å². The zero-order chi connectivity index (χ0) is 13.9. The van der Waals surface area contributed by atoms with Crippen molar-refractivity contribution >= 4 is 12.0 Å². The molecule has 0 saturated heterocycles. The molecule has 0 unspecified atom stereocenters. The van der Waals surface area contributed by atoms with Crippen molar-refractivity contribution in [2.24, 2.45) is 0 Å². The van der Waals surface area contributed by atoms with E-state index < -0.39 is 34.5 Å². The summed E-state index contributed by atoms with van der Waals surface area (Å²) in [5.41, 5.74) is -1.87. The van der Waals surface area contributed by atoms with E-state index in [2.05, 4.69) is 4.98 Å². The first-order chi connectivity index (χ1) is 8.20. The molecule has 7 heteroatoms. The Labute approximate surface area is 103 Å². The van der Waals surface area contributed by atoms with Crippen molar-refractivity contribution in [1.29, 1.82) is 0 Å². The fraction of sp³-hybridized carbons (Fsp3) is 0.364. The Hall–Kier alpha value is -2.31. The number of amides is 2. The van der Waals surface area contributed by atoms with Gasteiger partial charge in [0.2, 0.25) is 5.43 Å². The van der Waals surface area contributed by atoms with Crippen LogP contribution in [0, 0.1) is 0 Å². The van der Waals surface area contributed by atoms with Gasteiger partial charge in [0.15, 0.2) is 11.4 Å². The lowest BCUT2D eigenvalue weighted by Crippen LogP contribution is -2.37. The minimum absolute atomic E-state index is 0.395. The maximum absolute atomic E-state index is 11.6. The van der Waals surface area contributed by atoms with Gasteiger partial charge in [-0.25, -0.2) is 4.79 Å². The van der Waals surface area contributed by atoms with Gasteiger partial charge in [-0.15, -0.1) is 0 Å². The van der Waals surface area contributed by atoms with Gasteiger partial charge in [-0.1, -0.05) is 0 Å². The molecule has 0 saturated carbocycles. The van der Waals surface area contributed by atoms with E-state index in [9.17, 15) is 19.5 Å². The van der Waals surface area contributed by atoms with Crippen LogP contribution >= 0.6 is 0 Å². The second-order valence-electron chi connectivity index (χ2n) is 4.52. The van der Waals surface area contributed by atoms with Gasteiger partial charge in [-0.3, -0.25) is 14.9 Å². The summed E-state index contributed by atoms with van der Waals surface area (Å²) in [7, 11) is 0. The predicted molar refractivity (Wildman–Crippen MR) is 62.4 cm³/mol. The standard InChI is InChI=1S/C11H14N2O5/c1-11(2,3)18-10(17)13-9(16)7-8(15)6(14)4-5-12-7/h4-5,15H,1-3H3,(H,12,14)(H,13,16,17). The number of aromatic amines is 1. The Balaban J connectivity index is 2.81. The van der Waals surface area contributed by atoms with E-state index in [1.54, 1.807) is 20.8 Å². The fourth-order valence-electron chi connectivity index (χ4n) is 1.10. The predicted octanol–water partition coefficient (Wildman–Crippen LogP) is 0.745. The van der Waals surface area contributed by atoms with E-state index in [0.29, 0.717) is 0 Å². The maximum atomic E-state index is 11.6. The molecule has 1 heterocycles. The number of aromatic hydroxyl groups is 1. The summed E-state index contributed by atoms with van der Waals surface area (Å²) >= 11 is 0. The van der Waals surface area contributed by atoms with Gasteiger partial charge in [0, 0.05) is 12.3 Å². The van der Waals surface area contributed by atoms with Crippen molar-refractivity contribution in [3.05, 3.63) is 28.2 Å². The summed E-state index contributed by atoms with van der Waals surface area (Å²) in [4.78, 5) is 36.4. The van der Waals surface area contributed by atoms with E-state index in [4.69, 9.17) is 4.74 Å². The minimum atomic E-state index is -0.961. The summed E-state index contributed by atoms with van der Waals surface area (Å²) in [5, 5.41) is 11.2. The molecule has 1 rings (SSSR count). The van der Waals surface area contributed by atoms with Crippen molar-refractivity contribution in [1.82, 2.24) is 10.3 Å². The quantitative estimate of drug-likeness (QED) is 0.685. The van der Waals surface area contributed by atoms with Crippen LogP contribution in [0.25, 0.3) is 0 Å². The van der Waals surface area contributed by atoms with Gasteiger partial charge < -0.3 is 14.8 Å². The first kappa shape index (κ1) is 13.8. The molecule has 3 N–H and O–H groups in total. The monoisotopic (exact) mass is 254 g/mol. The number of rotatable bonds is 1. The van der Waals surface area contributed by atoms with Gasteiger partial charge in [-0.05, 0) is 20.8 Å². The fourth-order valence-corrected chi connectivity index (χ4v) is 1.10. The van der Waals surface area contributed by atoms with Crippen molar-refractivity contribution in [3.63, 3.8) is 0 Å². The van der Waals surface area contributed by atoms with Crippen LogP contribution < -0.4 is 10.7 Å². The first-order valence-corrected chi connectivity index (χ1v) is 5.15. The lowest BCUT2D eigenvalue weighted by molar-refractivity contribution is 0.0507. The minimum Gasteiger partial charge on any atom is -0.503 e. The third kappa shape index (κ3) is 3.62. The average molecular weight is 254 g/mol. The lowest BCUT2D eigenvalue weighted by Gasteiger charge is -2.19. The summed E-state index contributed by atoms with van der Waals surface area (Å²) in [6.45, 7) is 4.91. The van der Waals surface area contributed by atoms with Crippen LogP contribution in [-0.2, 0) is 4.74 Å². The number of pyridine rings is 1. The Kier molecular flexibility index (Phi) is 3.75. The Morgan fingerprint density at radius 3 is 2.56 bits per heavy atom. The molecule has 0 radical (unpaired) electrons. The lowest BCUT2D eigenvalue weighted by atomic mass is 10.2. The van der Waals surface area contributed by atoms with Gasteiger partial charge >= 0.3 is 6.09 Å². The molecule has 98 valence electrons. The number of carbonyl (C=O) groups excluding carboxylic acids is 2. The van der Waals surface area contributed by atoms with Crippen LogP contribution in [0.4, 0.5) is 4.79 Å². The molecule has 0 fully saturated rings. The van der Waals surface area contributed by atoms with E-state index in [0.717, 1.165) is 6.07 Å². The van der Waals surface area contributed by atoms with E-state index >= 15 is 0 Å². The molecule has 0 spiro atoms. The van der Waals surface area contributed by atoms with Crippen LogP contribution in [0.5, 0.6) is 5.75 Å².